The molecule has 0 atom stereocenters. The van der Waals surface area contributed by atoms with Crippen molar-refractivity contribution < 1.29 is 19.1 Å². The lowest BCUT2D eigenvalue weighted by atomic mass is 9.49. The largest absolute Gasteiger partial charge is 0.465 e. The number of amides is 1. The standard InChI is InChI=1S/C25H33N3O4S/c1-31-23(30)19-2-3-21(28-4-6-32-7-5-28)20(11-19)26-24(33)27-22(29)15-25-12-16-8-17(13-25)10-18(9-16)14-25/h2-3,11,16-18H,4-10,12-15H2,1H3,(H2,26,27,29,33). The van der Waals surface area contributed by atoms with E-state index in [2.05, 4.69) is 15.5 Å². The van der Waals surface area contributed by atoms with Gasteiger partial charge in [0.1, 0.15) is 0 Å². The first kappa shape index (κ1) is 22.6. The monoisotopic (exact) mass is 471 g/mol. The van der Waals surface area contributed by atoms with Crippen LogP contribution in [-0.4, -0.2) is 50.4 Å². The van der Waals surface area contributed by atoms with E-state index in [4.69, 9.17) is 21.7 Å². The number of carbonyl (C=O) groups is 2. The van der Waals surface area contributed by atoms with Gasteiger partial charge in [0.25, 0.3) is 0 Å². The van der Waals surface area contributed by atoms with Gasteiger partial charge in [0.2, 0.25) is 5.91 Å². The predicted molar refractivity (Wildman–Crippen MR) is 130 cm³/mol. The second kappa shape index (κ2) is 9.22. The van der Waals surface area contributed by atoms with Crippen LogP contribution in [0.3, 0.4) is 0 Å². The van der Waals surface area contributed by atoms with Crippen LogP contribution < -0.4 is 15.5 Å². The van der Waals surface area contributed by atoms with Crippen molar-refractivity contribution in [3.63, 3.8) is 0 Å². The first-order valence-corrected chi connectivity index (χ1v) is 12.5. The minimum Gasteiger partial charge on any atom is -0.465 e. The highest BCUT2D eigenvalue weighted by molar-refractivity contribution is 7.80. The molecule has 1 aliphatic heterocycles. The molecule has 8 heteroatoms. The van der Waals surface area contributed by atoms with Gasteiger partial charge in [-0.25, -0.2) is 4.79 Å². The number of nitrogens with zero attached hydrogens (tertiary/aromatic N) is 1. The van der Waals surface area contributed by atoms with Gasteiger partial charge in [0, 0.05) is 19.5 Å². The van der Waals surface area contributed by atoms with Crippen molar-refractivity contribution >= 4 is 40.6 Å². The fourth-order valence-corrected chi connectivity index (χ4v) is 7.36. The highest BCUT2D eigenvalue weighted by Gasteiger charge is 2.51. The third kappa shape index (κ3) is 4.87. The maximum absolute atomic E-state index is 13.0. The first-order chi connectivity index (χ1) is 15.9. The van der Waals surface area contributed by atoms with E-state index >= 15 is 0 Å². The van der Waals surface area contributed by atoms with Crippen LogP contribution in [0, 0.1) is 23.2 Å². The number of rotatable bonds is 5. The summed E-state index contributed by atoms with van der Waals surface area (Å²) in [4.78, 5) is 27.3. The van der Waals surface area contributed by atoms with E-state index in [1.54, 1.807) is 12.1 Å². The number of morpholine rings is 1. The summed E-state index contributed by atoms with van der Waals surface area (Å²) in [6.07, 6.45) is 8.21. The summed E-state index contributed by atoms with van der Waals surface area (Å²) in [7, 11) is 1.36. The molecule has 1 aromatic rings. The average molecular weight is 472 g/mol. The van der Waals surface area contributed by atoms with Crippen LogP contribution >= 0.6 is 12.2 Å². The van der Waals surface area contributed by atoms with Crippen LogP contribution in [0.2, 0.25) is 0 Å². The normalized spacial score (nSPS) is 30.1. The molecule has 0 unspecified atom stereocenters. The first-order valence-electron chi connectivity index (χ1n) is 12.1. The highest BCUT2D eigenvalue weighted by Crippen LogP contribution is 2.61. The summed E-state index contributed by atoms with van der Waals surface area (Å²) in [6.45, 7) is 2.78. The number of benzene rings is 1. The van der Waals surface area contributed by atoms with E-state index in [0.717, 1.165) is 36.5 Å². The zero-order chi connectivity index (χ0) is 23.0. The predicted octanol–water partition coefficient (Wildman–Crippen LogP) is 3.73. The van der Waals surface area contributed by atoms with Gasteiger partial charge in [0.15, 0.2) is 5.11 Å². The molecule has 5 fully saturated rings. The number of thiocarbonyl (C=S) groups is 1. The molecule has 0 spiro atoms. The minimum absolute atomic E-state index is 0.00787. The van der Waals surface area contributed by atoms with Gasteiger partial charge in [-0.2, -0.15) is 0 Å². The Morgan fingerprint density at radius 2 is 1.76 bits per heavy atom. The van der Waals surface area contributed by atoms with E-state index in [-0.39, 0.29) is 16.4 Å². The molecular formula is C25H33N3O4S. The Labute approximate surface area is 200 Å². The number of ether oxygens (including phenoxy) is 2. The summed E-state index contributed by atoms with van der Waals surface area (Å²) in [5.74, 6) is 2.01. The van der Waals surface area contributed by atoms with Crippen LogP contribution in [0.15, 0.2) is 18.2 Å². The Bertz CT molecular complexity index is 908. The average Bonchev–Trinajstić information content (AvgIpc) is 2.77. The Kier molecular flexibility index (Phi) is 6.31. The molecule has 1 aromatic carbocycles. The SMILES string of the molecule is COC(=O)c1ccc(N2CCOCC2)c(NC(=S)NC(=O)CC23CC4CC(CC(C4)C2)C3)c1. The smallest absolute Gasteiger partial charge is 0.337 e. The lowest BCUT2D eigenvalue weighted by Crippen LogP contribution is -2.48. The fourth-order valence-electron chi connectivity index (χ4n) is 7.13. The summed E-state index contributed by atoms with van der Waals surface area (Å²) in [5, 5.41) is 6.36. The van der Waals surface area contributed by atoms with Crippen LogP contribution in [-0.2, 0) is 14.3 Å². The van der Waals surface area contributed by atoms with Gasteiger partial charge in [-0.3, -0.25) is 4.79 Å². The van der Waals surface area contributed by atoms with Crippen molar-refractivity contribution in [2.24, 2.45) is 23.2 Å². The van der Waals surface area contributed by atoms with Crippen LogP contribution in [0.1, 0.15) is 55.3 Å². The Balaban J connectivity index is 1.26. The van der Waals surface area contributed by atoms with Gasteiger partial charge < -0.3 is 25.0 Å². The van der Waals surface area contributed by atoms with Crippen molar-refractivity contribution in [3.05, 3.63) is 23.8 Å². The number of anilines is 2. The van der Waals surface area contributed by atoms with Crippen LogP contribution in [0.4, 0.5) is 11.4 Å². The number of carbonyl (C=O) groups excluding carboxylic acids is 2. The molecule has 178 valence electrons. The summed E-state index contributed by atoms with van der Waals surface area (Å²) in [5.41, 5.74) is 2.20. The van der Waals surface area contributed by atoms with Crippen LogP contribution in [0.25, 0.3) is 0 Å². The molecular weight excluding hydrogens is 438 g/mol. The lowest BCUT2D eigenvalue weighted by Gasteiger charge is -2.56. The molecule has 33 heavy (non-hydrogen) atoms. The van der Waals surface area contributed by atoms with Gasteiger partial charge >= 0.3 is 5.97 Å². The van der Waals surface area contributed by atoms with Crippen molar-refractivity contribution in [1.82, 2.24) is 5.32 Å². The number of hydrogen-bond donors (Lipinski definition) is 2. The Hall–Kier alpha value is -2.19. The quantitative estimate of drug-likeness (QED) is 0.500. The zero-order valence-corrected chi connectivity index (χ0v) is 20.0. The maximum Gasteiger partial charge on any atom is 0.337 e. The van der Waals surface area contributed by atoms with Gasteiger partial charge in [-0.1, -0.05) is 0 Å². The Morgan fingerprint density at radius 3 is 2.36 bits per heavy atom. The van der Waals surface area contributed by atoms with E-state index in [1.807, 2.05) is 6.07 Å². The third-order valence-electron chi connectivity index (χ3n) is 7.97. The van der Waals surface area contributed by atoms with Gasteiger partial charge in [-0.05, 0) is 92.1 Å². The Morgan fingerprint density at radius 1 is 1.12 bits per heavy atom. The molecule has 4 bridgehead atoms. The lowest BCUT2D eigenvalue weighted by molar-refractivity contribution is -0.127. The van der Waals surface area contributed by atoms with E-state index in [1.165, 1.54) is 45.6 Å². The van der Waals surface area contributed by atoms with Crippen molar-refractivity contribution in [2.45, 2.75) is 44.9 Å². The maximum atomic E-state index is 13.0. The van der Waals surface area contributed by atoms with E-state index in [9.17, 15) is 9.59 Å². The van der Waals surface area contributed by atoms with Gasteiger partial charge in [-0.15, -0.1) is 0 Å². The second-order valence-corrected chi connectivity index (χ2v) is 10.8. The fraction of sp³-hybridized carbons (Fsp3) is 0.640. The number of esters is 1. The van der Waals surface area contributed by atoms with E-state index < -0.39 is 5.97 Å². The van der Waals surface area contributed by atoms with E-state index in [0.29, 0.717) is 30.9 Å². The number of methoxy groups -OCH3 is 1. The molecule has 0 radical (unpaired) electrons. The molecule has 1 amide bonds. The number of nitrogens with one attached hydrogen (secondary N) is 2. The molecule has 6 rings (SSSR count). The topological polar surface area (TPSA) is 79.9 Å². The molecule has 5 aliphatic rings. The molecule has 1 heterocycles. The molecule has 4 aliphatic carbocycles. The molecule has 2 N–H and O–H groups in total. The summed E-state index contributed by atoms with van der Waals surface area (Å²) in [6, 6.07) is 5.37. The molecule has 4 saturated carbocycles. The molecule has 1 saturated heterocycles. The highest BCUT2D eigenvalue weighted by atomic mass is 32.1. The van der Waals surface area contributed by atoms with Crippen LogP contribution in [0.5, 0.6) is 0 Å². The minimum atomic E-state index is -0.414. The second-order valence-electron chi connectivity index (χ2n) is 10.4. The third-order valence-corrected chi connectivity index (χ3v) is 8.18. The van der Waals surface area contributed by atoms with Crippen molar-refractivity contribution in [1.29, 1.82) is 0 Å². The summed E-state index contributed by atoms with van der Waals surface area (Å²) >= 11 is 5.52. The zero-order valence-electron chi connectivity index (χ0n) is 19.2. The summed E-state index contributed by atoms with van der Waals surface area (Å²) < 4.78 is 10.3. The molecule has 0 aromatic heterocycles. The van der Waals surface area contributed by atoms with Crippen molar-refractivity contribution in [2.75, 3.05) is 43.6 Å². The molecule has 7 nitrogen and oxygen atoms in total. The number of hydrogen-bond acceptors (Lipinski definition) is 6. The van der Waals surface area contributed by atoms with Gasteiger partial charge in [0.05, 0.1) is 37.3 Å². The van der Waals surface area contributed by atoms with Crippen molar-refractivity contribution in [3.8, 4) is 0 Å².